The molecule has 0 radical (unpaired) electrons. The van der Waals surface area contributed by atoms with E-state index in [0.29, 0.717) is 6.61 Å². The molecule has 0 bridgehead atoms. The summed E-state index contributed by atoms with van der Waals surface area (Å²) in [4.78, 5) is 1.40. The maximum Gasteiger partial charge on any atom is 0.119 e. The van der Waals surface area contributed by atoms with Crippen LogP contribution in [0.15, 0.2) is 44.7 Å². The molecule has 2 nitrogen and oxygen atoms in total. The van der Waals surface area contributed by atoms with Gasteiger partial charge in [0.05, 0.1) is 3.79 Å². The molecule has 0 fully saturated rings. The molecule has 0 aliphatic carbocycles. The van der Waals surface area contributed by atoms with Crippen molar-refractivity contribution in [1.29, 1.82) is 0 Å². The van der Waals surface area contributed by atoms with Gasteiger partial charge in [0.2, 0.25) is 0 Å². The number of hydrogen-bond donors (Lipinski definition) is 1. The lowest BCUT2D eigenvalue weighted by Gasteiger charge is -2.07. The van der Waals surface area contributed by atoms with E-state index in [1.807, 2.05) is 24.3 Å². The predicted molar refractivity (Wildman–Crippen MR) is 88.2 cm³/mol. The Morgan fingerprint density at radius 3 is 2.47 bits per heavy atom. The molecular formula is C14H15Br2NOS. The number of thiophene rings is 1. The fraction of sp³-hybridized carbons (Fsp3) is 0.286. The number of nitrogens with one attached hydrogen (secondary N) is 1. The van der Waals surface area contributed by atoms with Crippen molar-refractivity contribution in [3.8, 4) is 5.75 Å². The van der Waals surface area contributed by atoms with Gasteiger partial charge in [0.15, 0.2) is 0 Å². The van der Waals surface area contributed by atoms with Crippen LogP contribution < -0.4 is 10.1 Å². The minimum Gasteiger partial charge on any atom is -0.492 e. The van der Waals surface area contributed by atoms with Gasteiger partial charge in [0.25, 0.3) is 0 Å². The molecule has 0 aliphatic heterocycles. The van der Waals surface area contributed by atoms with Crippen molar-refractivity contribution in [3.63, 3.8) is 0 Å². The number of rotatable bonds is 7. The molecule has 1 heterocycles. The average molecular weight is 405 g/mol. The summed E-state index contributed by atoms with van der Waals surface area (Å²) >= 11 is 8.66. The highest BCUT2D eigenvalue weighted by atomic mass is 79.9. The van der Waals surface area contributed by atoms with Crippen LogP contribution in [0, 0.1) is 0 Å². The molecule has 0 amide bonds. The zero-order valence-electron chi connectivity index (χ0n) is 10.4. The van der Waals surface area contributed by atoms with Crippen molar-refractivity contribution >= 4 is 43.2 Å². The fourth-order valence-corrected chi connectivity index (χ4v) is 3.34. The Morgan fingerprint density at radius 1 is 1.00 bits per heavy atom. The third-order valence-corrected chi connectivity index (χ3v) is 4.75. The maximum absolute atomic E-state index is 5.63. The van der Waals surface area contributed by atoms with Crippen molar-refractivity contribution in [3.05, 3.63) is 49.5 Å². The van der Waals surface area contributed by atoms with Crippen molar-refractivity contribution in [2.45, 2.75) is 6.42 Å². The van der Waals surface area contributed by atoms with Crippen LogP contribution in [0.25, 0.3) is 0 Å². The summed E-state index contributed by atoms with van der Waals surface area (Å²) in [6.45, 7) is 2.54. The topological polar surface area (TPSA) is 21.3 Å². The molecule has 2 rings (SSSR count). The van der Waals surface area contributed by atoms with Crippen molar-refractivity contribution < 1.29 is 4.74 Å². The normalized spacial score (nSPS) is 10.6. The van der Waals surface area contributed by atoms with Gasteiger partial charge in [-0.3, -0.25) is 0 Å². The zero-order chi connectivity index (χ0) is 13.5. The summed E-state index contributed by atoms with van der Waals surface area (Å²) in [6.07, 6.45) is 1.06. The summed E-state index contributed by atoms with van der Waals surface area (Å²) in [5, 5.41) is 3.38. The summed E-state index contributed by atoms with van der Waals surface area (Å²) in [5.41, 5.74) is 0. The third-order valence-electron chi connectivity index (χ3n) is 2.54. The molecule has 0 spiro atoms. The molecule has 1 N–H and O–H groups in total. The minimum atomic E-state index is 0.690. The summed E-state index contributed by atoms with van der Waals surface area (Å²) in [7, 11) is 0. The van der Waals surface area contributed by atoms with Crippen LogP contribution in [0.1, 0.15) is 4.88 Å². The summed E-state index contributed by atoms with van der Waals surface area (Å²) < 4.78 is 7.89. The van der Waals surface area contributed by atoms with E-state index in [1.54, 1.807) is 11.3 Å². The largest absolute Gasteiger partial charge is 0.492 e. The highest BCUT2D eigenvalue weighted by Gasteiger charge is 1.97. The molecule has 0 saturated carbocycles. The molecule has 1 aromatic carbocycles. The Balaban J connectivity index is 1.56. The van der Waals surface area contributed by atoms with Crippen LogP contribution in [0.4, 0.5) is 0 Å². The number of hydrogen-bond acceptors (Lipinski definition) is 3. The van der Waals surface area contributed by atoms with Gasteiger partial charge in [-0.15, -0.1) is 11.3 Å². The van der Waals surface area contributed by atoms with Gasteiger partial charge in [-0.25, -0.2) is 0 Å². The standard InChI is InChI=1S/C14H15Br2NOS/c15-11-1-3-12(4-2-11)18-10-9-17-8-7-13-5-6-14(16)19-13/h1-6,17H,7-10H2. The van der Waals surface area contributed by atoms with Gasteiger partial charge in [-0.1, -0.05) is 15.9 Å². The lowest BCUT2D eigenvalue weighted by atomic mass is 10.3. The molecule has 0 atom stereocenters. The fourth-order valence-electron chi connectivity index (χ4n) is 1.59. The predicted octanol–water partition coefficient (Wildman–Crippen LogP) is 4.48. The second-order valence-electron chi connectivity index (χ2n) is 4.01. The first-order valence-corrected chi connectivity index (χ1v) is 8.47. The Labute approximate surface area is 134 Å². The Kier molecular flexibility index (Phi) is 6.37. The summed E-state index contributed by atoms with van der Waals surface area (Å²) in [6, 6.07) is 12.2. The molecule has 102 valence electrons. The molecule has 2 aromatic rings. The first-order valence-electron chi connectivity index (χ1n) is 6.07. The maximum atomic E-state index is 5.63. The Hall–Kier alpha value is -0.360. The van der Waals surface area contributed by atoms with Crippen LogP contribution in [0.2, 0.25) is 0 Å². The van der Waals surface area contributed by atoms with Crippen LogP contribution in [-0.2, 0) is 6.42 Å². The highest BCUT2D eigenvalue weighted by Crippen LogP contribution is 2.22. The van der Waals surface area contributed by atoms with E-state index in [2.05, 4.69) is 49.3 Å². The monoisotopic (exact) mass is 403 g/mol. The Bertz CT molecular complexity index is 498. The lowest BCUT2D eigenvalue weighted by molar-refractivity contribution is 0.314. The number of ether oxygens (including phenoxy) is 1. The smallest absolute Gasteiger partial charge is 0.119 e. The zero-order valence-corrected chi connectivity index (χ0v) is 14.4. The SMILES string of the molecule is Brc1ccc(OCCNCCc2ccc(Br)s2)cc1. The van der Waals surface area contributed by atoms with Crippen molar-refractivity contribution in [2.75, 3.05) is 19.7 Å². The lowest BCUT2D eigenvalue weighted by Crippen LogP contribution is -2.23. The molecule has 19 heavy (non-hydrogen) atoms. The van der Waals surface area contributed by atoms with E-state index in [-0.39, 0.29) is 0 Å². The highest BCUT2D eigenvalue weighted by molar-refractivity contribution is 9.11. The van der Waals surface area contributed by atoms with E-state index in [0.717, 1.165) is 29.7 Å². The minimum absolute atomic E-state index is 0.690. The molecule has 0 saturated heterocycles. The Morgan fingerprint density at radius 2 is 1.79 bits per heavy atom. The molecule has 0 unspecified atom stereocenters. The quantitative estimate of drug-likeness (QED) is 0.686. The van der Waals surface area contributed by atoms with Gasteiger partial charge in [-0.2, -0.15) is 0 Å². The van der Waals surface area contributed by atoms with Crippen LogP contribution >= 0.6 is 43.2 Å². The van der Waals surface area contributed by atoms with Gasteiger partial charge in [0, 0.05) is 22.4 Å². The van der Waals surface area contributed by atoms with Crippen LogP contribution in [0.3, 0.4) is 0 Å². The van der Waals surface area contributed by atoms with E-state index in [1.165, 1.54) is 8.66 Å². The molecule has 0 aliphatic rings. The average Bonchev–Trinajstić information content (AvgIpc) is 2.81. The molecule has 1 aromatic heterocycles. The van der Waals surface area contributed by atoms with Crippen LogP contribution in [-0.4, -0.2) is 19.7 Å². The van der Waals surface area contributed by atoms with E-state index < -0.39 is 0 Å². The third kappa shape index (κ3) is 5.65. The van der Waals surface area contributed by atoms with E-state index >= 15 is 0 Å². The van der Waals surface area contributed by atoms with Gasteiger partial charge in [-0.05, 0) is 58.7 Å². The molecule has 5 heteroatoms. The summed E-state index contributed by atoms with van der Waals surface area (Å²) in [5.74, 6) is 0.909. The second kappa shape index (κ2) is 8.04. The first kappa shape index (κ1) is 15.0. The van der Waals surface area contributed by atoms with Gasteiger partial charge < -0.3 is 10.1 Å². The van der Waals surface area contributed by atoms with Crippen molar-refractivity contribution in [2.24, 2.45) is 0 Å². The molecular weight excluding hydrogens is 390 g/mol. The van der Waals surface area contributed by atoms with Gasteiger partial charge >= 0.3 is 0 Å². The number of halogens is 2. The second-order valence-corrected chi connectivity index (χ2v) is 7.47. The van der Waals surface area contributed by atoms with E-state index in [9.17, 15) is 0 Å². The first-order chi connectivity index (χ1) is 9.24. The number of benzene rings is 1. The van der Waals surface area contributed by atoms with Crippen LogP contribution in [0.5, 0.6) is 5.75 Å². The van der Waals surface area contributed by atoms with Gasteiger partial charge in [0.1, 0.15) is 12.4 Å². The van der Waals surface area contributed by atoms with E-state index in [4.69, 9.17) is 4.74 Å². The van der Waals surface area contributed by atoms with Crippen molar-refractivity contribution in [1.82, 2.24) is 5.32 Å².